The number of hydrogen-bond donors (Lipinski definition) is 2. The van der Waals surface area contributed by atoms with Crippen molar-refractivity contribution < 1.29 is 9.59 Å². The lowest BCUT2D eigenvalue weighted by Gasteiger charge is -2.34. The van der Waals surface area contributed by atoms with Crippen molar-refractivity contribution >= 4 is 17.6 Å². The molecule has 1 heterocycles. The third kappa shape index (κ3) is 6.09. The van der Waals surface area contributed by atoms with Crippen molar-refractivity contribution in [2.45, 2.75) is 19.9 Å². The fraction of sp³-hybridized carbons (Fsp3) is 0.364. The van der Waals surface area contributed by atoms with Gasteiger partial charge in [0, 0.05) is 51.9 Å². The Labute approximate surface area is 166 Å². The second kappa shape index (κ2) is 9.90. The van der Waals surface area contributed by atoms with Crippen LogP contribution in [0, 0.1) is 0 Å². The highest BCUT2D eigenvalue weighted by Crippen LogP contribution is 2.11. The van der Waals surface area contributed by atoms with Crippen molar-refractivity contribution in [3.8, 4) is 0 Å². The number of benzene rings is 2. The summed E-state index contributed by atoms with van der Waals surface area (Å²) in [4.78, 5) is 27.7. The Balaban J connectivity index is 1.36. The van der Waals surface area contributed by atoms with Crippen LogP contribution in [-0.4, -0.2) is 54.5 Å². The quantitative estimate of drug-likeness (QED) is 0.810. The molecule has 0 aliphatic carbocycles. The number of urea groups is 1. The van der Waals surface area contributed by atoms with Crippen molar-refractivity contribution in [2.75, 3.05) is 38.0 Å². The highest BCUT2D eigenvalue weighted by molar-refractivity contribution is 5.88. The zero-order valence-corrected chi connectivity index (χ0v) is 16.4. The van der Waals surface area contributed by atoms with Crippen LogP contribution in [0.3, 0.4) is 0 Å². The van der Waals surface area contributed by atoms with Crippen LogP contribution in [0.25, 0.3) is 0 Å². The first-order valence-electron chi connectivity index (χ1n) is 9.76. The number of hydrogen-bond acceptors (Lipinski definition) is 3. The second-order valence-electron chi connectivity index (χ2n) is 7.10. The lowest BCUT2D eigenvalue weighted by Crippen LogP contribution is -2.51. The highest BCUT2D eigenvalue weighted by atomic mass is 16.2. The minimum Gasteiger partial charge on any atom is -0.334 e. The molecule has 1 aliphatic heterocycles. The first kappa shape index (κ1) is 19.9. The third-order valence-electron chi connectivity index (χ3n) is 4.94. The molecule has 0 atom stereocenters. The number of carbonyl (C=O) groups is 2. The number of nitrogens with zero attached hydrogens (tertiary/aromatic N) is 2. The highest BCUT2D eigenvalue weighted by Gasteiger charge is 2.20. The van der Waals surface area contributed by atoms with E-state index < -0.39 is 0 Å². The molecule has 0 bridgehead atoms. The Morgan fingerprint density at radius 3 is 2.21 bits per heavy atom. The number of carbonyl (C=O) groups excluding carboxylic acids is 2. The summed E-state index contributed by atoms with van der Waals surface area (Å²) in [7, 11) is 0. The summed E-state index contributed by atoms with van der Waals surface area (Å²) >= 11 is 0. The van der Waals surface area contributed by atoms with E-state index in [-0.39, 0.29) is 11.9 Å². The minimum absolute atomic E-state index is 0.0112. The van der Waals surface area contributed by atoms with Crippen LogP contribution in [0.15, 0.2) is 54.6 Å². The van der Waals surface area contributed by atoms with Gasteiger partial charge in [-0.25, -0.2) is 4.79 Å². The van der Waals surface area contributed by atoms with E-state index in [9.17, 15) is 9.59 Å². The van der Waals surface area contributed by atoms with Gasteiger partial charge in [-0.15, -0.1) is 0 Å². The van der Waals surface area contributed by atoms with Crippen molar-refractivity contribution in [1.29, 1.82) is 0 Å². The van der Waals surface area contributed by atoms with Gasteiger partial charge in [0.05, 0.1) is 0 Å². The van der Waals surface area contributed by atoms with Gasteiger partial charge in [-0.3, -0.25) is 9.69 Å². The molecule has 0 saturated carbocycles. The molecule has 2 aromatic carbocycles. The molecule has 148 valence electrons. The SMILES string of the molecule is CC(=O)Nc1ccc(CCN2CCN(C(=O)NCc3ccccc3)CC2)cc1. The average molecular weight is 380 g/mol. The fourth-order valence-corrected chi connectivity index (χ4v) is 3.31. The Kier molecular flexibility index (Phi) is 7.03. The predicted octanol–water partition coefficient (Wildman–Crippen LogP) is 2.71. The number of amides is 3. The van der Waals surface area contributed by atoms with Crippen molar-refractivity contribution in [3.05, 3.63) is 65.7 Å². The summed E-state index contributed by atoms with van der Waals surface area (Å²) in [5.41, 5.74) is 3.18. The van der Waals surface area contributed by atoms with Gasteiger partial charge in [-0.05, 0) is 29.7 Å². The molecule has 3 amide bonds. The Morgan fingerprint density at radius 1 is 0.893 bits per heavy atom. The first-order valence-corrected chi connectivity index (χ1v) is 9.76. The molecule has 0 radical (unpaired) electrons. The zero-order valence-electron chi connectivity index (χ0n) is 16.4. The molecule has 0 spiro atoms. The van der Waals surface area contributed by atoms with Crippen molar-refractivity contribution in [3.63, 3.8) is 0 Å². The maximum absolute atomic E-state index is 12.3. The van der Waals surface area contributed by atoms with Gasteiger partial charge < -0.3 is 15.5 Å². The monoisotopic (exact) mass is 380 g/mol. The van der Waals surface area contributed by atoms with Crippen LogP contribution in [0.2, 0.25) is 0 Å². The Hall–Kier alpha value is -2.86. The van der Waals surface area contributed by atoms with Crippen molar-refractivity contribution in [2.24, 2.45) is 0 Å². The first-order chi connectivity index (χ1) is 13.6. The van der Waals surface area contributed by atoms with Crippen LogP contribution >= 0.6 is 0 Å². The van der Waals surface area contributed by atoms with Gasteiger partial charge in [0.25, 0.3) is 0 Å². The molecular weight excluding hydrogens is 352 g/mol. The van der Waals surface area contributed by atoms with Crippen LogP contribution in [0.1, 0.15) is 18.1 Å². The minimum atomic E-state index is -0.0570. The molecule has 2 aromatic rings. The molecule has 2 N–H and O–H groups in total. The van der Waals surface area contributed by atoms with Gasteiger partial charge in [-0.1, -0.05) is 42.5 Å². The molecule has 3 rings (SSSR count). The van der Waals surface area contributed by atoms with E-state index >= 15 is 0 Å². The van der Waals surface area contributed by atoms with Gasteiger partial charge in [0.1, 0.15) is 0 Å². The number of piperazine rings is 1. The molecule has 0 aromatic heterocycles. The molecule has 1 fully saturated rings. The van der Waals surface area contributed by atoms with Gasteiger partial charge in [0.15, 0.2) is 0 Å². The van der Waals surface area contributed by atoms with E-state index in [1.807, 2.05) is 47.4 Å². The second-order valence-corrected chi connectivity index (χ2v) is 7.10. The Bertz CT molecular complexity index is 769. The zero-order chi connectivity index (χ0) is 19.8. The Morgan fingerprint density at radius 2 is 1.57 bits per heavy atom. The van der Waals surface area contributed by atoms with E-state index in [4.69, 9.17) is 0 Å². The predicted molar refractivity (Wildman–Crippen MR) is 111 cm³/mol. The number of rotatable bonds is 6. The molecule has 1 aliphatic rings. The summed E-state index contributed by atoms with van der Waals surface area (Å²) in [6.45, 7) is 6.33. The third-order valence-corrected chi connectivity index (χ3v) is 4.94. The molecule has 6 heteroatoms. The standard InChI is InChI=1S/C22H28N4O2/c1-18(27)24-21-9-7-19(8-10-21)11-12-25-13-15-26(16-14-25)22(28)23-17-20-5-3-2-4-6-20/h2-10H,11-17H2,1H3,(H,23,28)(H,24,27). The van der Waals surface area contributed by atoms with Crippen molar-refractivity contribution in [1.82, 2.24) is 15.1 Å². The lowest BCUT2D eigenvalue weighted by atomic mass is 10.1. The van der Waals surface area contributed by atoms with E-state index in [0.717, 1.165) is 50.4 Å². The summed E-state index contributed by atoms with van der Waals surface area (Å²) < 4.78 is 0. The normalized spacial score (nSPS) is 14.5. The van der Waals surface area contributed by atoms with Gasteiger partial charge in [0.2, 0.25) is 5.91 Å². The molecule has 28 heavy (non-hydrogen) atoms. The maximum Gasteiger partial charge on any atom is 0.317 e. The summed E-state index contributed by atoms with van der Waals surface area (Å²) in [5.74, 6) is -0.0570. The maximum atomic E-state index is 12.3. The smallest absolute Gasteiger partial charge is 0.317 e. The molecule has 0 unspecified atom stereocenters. The van der Waals surface area contributed by atoms with Gasteiger partial charge in [-0.2, -0.15) is 0 Å². The lowest BCUT2D eigenvalue weighted by molar-refractivity contribution is -0.114. The van der Waals surface area contributed by atoms with E-state index in [0.29, 0.717) is 6.54 Å². The van der Waals surface area contributed by atoms with Crippen LogP contribution in [-0.2, 0) is 17.8 Å². The van der Waals surface area contributed by atoms with Crippen LogP contribution < -0.4 is 10.6 Å². The van der Waals surface area contributed by atoms with Gasteiger partial charge >= 0.3 is 6.03 Å². The molecule has 1 saturated heterocycles. The summed E-state index contributed by atoms with van der Waals surface area (Å²) in [5, 5.41) is 5.78. The van der Waals surface area contributed by atoms with E-state index in [1.54, 1.807) is 0 Å². The fourth-order valence-electron chi connectivity index (χ4n) is 3.31. The summed E-state index contributed by atoms with van der Waals surface area (Å²) in [6.07, 6.45) is 0.959. The summed E-state index contributed by atoms with van der Waals surface area (Å²) in [6, 6.07) is 18.0. The van der Waals surface area contributed by atoms with Crippen LogP contribution in [0.4, 0.5) is 10.5 Å². The van der Waals surface area contributed by atoms with E-state index in [1.165, 1.54) is 12.5 Å². The largest absolute Gasteiger partial charge is 0.334 e. The van der Waals surface area contributed by atoms with Crippen LogP contribution in [0.5, 0.6) is 0 Å². The number of anilines is 1. The topological polar surface area (TPSA) is 64.7 Å². The molecular formula is C22H28N4O2. The van der Waals surface area contributed by atoms with E-state index in [2.05, 4.69) is 27.7 Å². The number of nitrogens with one attached hydrogen (secondary N) is 2. The molecule has 6 nitrogen and oxygen atoms in total. The average Bonchev–Trinajstić information content (AvgIpc) is 2.72.